The predicted octanol–water partition coefficient (Wildman–Crippen LogP) is 3.26. The van der Waals surface area contributed by atoms with Crippen molar-refractivity contribution in [1.82, 2.24) is 10.3 Å². The molecule has 27 heavy (non-hydrogen) atoms. The van der Waals surface area contributed by atoms with Crippen LogP contribution in [0.2, 0.25) is 0 Å². The molecule has 3 rings (SSSR count). The highest BCUT2D eigenvalue weighted by molar-refractivity contribution is 7.16. The van der Waals surface area contributed by atoms with Gasteiger partial charge in [-0.15, -0.1) is 22.7 Å². The predicted molar refractivity (Wildman–Crippen MR) is 106 cm³/mol. The number of hydrogen-bond acceptors (Lipinski definition) is 7. The minimum absolute atomic E-state index is 0.174. The van der Waals surface area contributed by atoms with E-state index in [4.69, 9.17) is 9.47 Å². The van der Waals surface area contributed by atoms with Crippen molar-refractivity contribution in [2.24, 2.45) is 0 Å². The summed E-state index contributed by atoms with van der Waals surface area (Å²) < 4.78 is 10.3. The van der Waals surface area contributed by atoms with Crippen molar-refractivity contribution in [2.45, 2.75) is 0 Å². The van der Waals surface area contributed by atoms with E-state index in [0.717, 1.165) is 10.6 Å². The Morgan fingerprint density at radius 3 is 2.48 bits per heavy atom. The lowest BCUT2D eigenvalue weighted by Crippen LogP contribution is -2.32. The highest BCUT2D eigenvalue weighted by Gasteiger charge is 2.13. The summed E-state index contributed by atoms with van der Waals surface area (Å²) in [4.78, 5) is 29.8. The summed E-state index contributed by atoms with van der Waals surface area (Å²) >= 11 is 2.91. The minimum atomic E-state index is -0.402. The maximum absolute atomic E-state index is 12.3. The molecule has 0 fully saturated rings. The molecule has 0 spiro atoms. The van der Waals surface area contributed by atoms with E-state index in [2.05, 4.69) is 15.6 Å². The molecule has 2 N–H and O–H groups in total. The van der Waals surface area contributed by atoms with E-state index >= 15 is 0 Å². The van der Waals surface area contributed by atoms with Crippen LogP contribution in [0.15, 0.2) is 41.1 Å². The van der Waals surface area contributed by atoms with Gasteiger partial charge in [-0.1, -0.05) is 6.07 Å². The first-order valence-corrected chi connectivity index (χ1v) is 9.65. The van der Waals surface area contributed by atoms with E-state index in [-0.39, 0.29) is 12.5 Å². The molecule has 3 aromatic rings. The van der Waals surface area contributed by atoms with Gasteiger partial charge in [0.15, 0.2) is 5.13 Å². The average Bonchev–Trinajstić information content (AvgIpc) is 3.37. The Balaban J connectivity index is 1.57. The van der Waals surface area contributed by atoms with Crippen molar-refractivity contribution in [2.75, 3.05) is 26.1 Å². The topological polar surface area (TPSA) is 89.5 Å². The number of amides is 2. The first-order chi connectivity index (χ1) is 13.1. The van der Waals surface area contributed by atoms with Crippen LogP contribution >= 0.6 is 22.7 Å². The first kappa shape index (κ1) is 18.9. The van der Waals surface area contributed by atoms with Gasteiger partial charge in [0.25, 0.3) is 5.91 Å². The molecule has 2 aromatic heterocycles. The standard InChI is InChI=1S/C18H17N3O4S2/c1-24-12-6-11(7-13(8-12)25-2)17(23)19-9-16(22)21-18-20-14(10-27-18)15-4-3-5-26-15/h3-8,10H,9H2,1-2H3,(H,19,23)(H,20,21,22). The molecular formula is C18H17N3O4S2. The number of nitrogens with one attached hydrogen (secondary N) is 2. The van der Waals surface area contributed by atoms with Crippen LogP contribution in [0.4, 0.5) is 5.13 Å². The number of ether oxygens (including phenoxy) is 2. The summed E-state index contributed by atoms with van der Waals surface area (Å²) in [6, 6.07) is 8.72. The van der Waals surface area contributed by atoms with Gasteiger partial charge in [-0.05, 0) is 23.6 Å². The van der Waals surface area contributed by atoms with Crippen molar-refractivity contribution < 1.29 is 19.1 Å². The number of hydrogen-bond donors (Lipinski definition) is 2. The Morgan fingerprint density at radius 2 is 1.85 bits per heavy atom. The Kier molecular flexibility index (Phi) is 6.05. The maximum atomic E-state index is 12.3. The van der Waals surface area contributed by atoms with Crippen LogP contribution in [-0.2, 0) is 4.79 Å². The summed E-state index contributed by atoms with van der Waals surface area (Å²) in [6.45, 7) is -0.174. The van der Waals surface area contributed by atoms with Gasteiger partial charge in [0, 0.05) is 17.0 Å². The van der Waals surface area contributed by atoms with Gasteiger partial charge in [0.1, 0.15) is 11.5 Å². The van der Waals surface area contributed by atoms with Gasteiger partial charge in [-0.2, -0.15) is 0 Å². The molecular weight excluding hydrogens is 386 g/mol. The van der Waals surface area contributed by atoms with Gasteiger partial charge < -0.3 is 20.1 Å². The zero-order valence-corrected chi connectivity index (χ0v) is 16.3. The molecule has 2 heterocycles. The number of carbonyl (C=O) groups excluding carboxylic acids is 2. The molecule has 0 aliphatic heterocycles. The molecule has 0 radical (unpaired) electrons. The van der Waals surface area contributed by atoms with Crippen LogP contribution in [0, 0.1) is 0 Å². The van der Waals surface area contributed by atoms with Crippen molar-refractivity contribution in [3.8, 4) is 22.1 Å². The molecule has 9 heteroatoms. The number of methoxy groups -OCH3 is 2. The number of anilines is 1. The third-order valence-electron chi connectivity index (χ3n) is 3.55. The van der Waals surface area contributed by atoms with Gasteiger partial charge in [0.05, 0.1) is 31.3 Å². The molecule has 2 amide bonds. The normalized spacial score (nSPS) is 10.3. The van der Waals surface area contributed by atoms with Gasteiger partial charge in [0.2, 0.25) is 5.91 Å². The Bertz CT molecular complexity index is 916. The monoisotopic (exact) mass is 403 g/mol. The fourth-order valence-electron chi connectivity index (χ4n) is 2.23. The van der Waals surface area contributed by atoms with Crippen LogP contribution < -0.4 is 20.1 Å². The van der Waals surface area contributed by atoms with Gasteiger partial charge in [-0.3, -0.25) is 9.59 Å². The second-order valence-corrected chi connectivity index (χ2v) is 7.15. The second kappa shape index (κ2) is 8.65. The van der Waals surface area contributed by atoms with Gasteiger partial charge >= 0.3 is 0 Å². The van der Waals surface area contributed by atoms with E-state index in [1.165, 1.54) is 25.6 Å². The maximum Gasteiger partial charge on any atom is 0.251 e. The van der Waals surface area contributed by atoms with Gasteiger partial charge in [-0.25, -0.2) is 4.98 Å². The van der Waals surface area contributed by atoms with Crippen LogP contribution in [0.25, 0.3) is 10.6 Å². The fourth-order valence-corrected chi connectivity index (χ4v) is 3.72. The van der Waals surface area contributed by atoms with Crippen molar-refractivity contribution >= 4 is 39.6 Å². The molecule has 0 aliphatic rings. The van der Waals surface area contributed by atoms with Crippen molar-refractivity contribution in [3.05, 3.63) is 46.7 Å². The minimum Gasteiger partial charge on any atom is -0.497 e. The van der Waals surface area contributed by atoms with E-state index < -0.39 is 5.91 Å². The fraction of sp³-hybridized carbons (Fsp3) is 0.167. The summed E-state index contributed by atoms with van der Waals surface area (Å²) in [5.74, 6) is 0.228. The third kappa shape index (κ3) is 4.83. The number of thiazole rings is 1. The van der Waals surface area contributed by atoms with E-state index in [1.54, 1.807) is 29.5 Å². The molecule has 0 saturated heterocycles. The van der Waals surface area contributed by atoms with Crippen LogP contribution in [0.5, 0.6) is 11.5 Å². The van der Waals surface area contributed by atoms with Crippen molar-refractivity contribution in [1.29, 1.82) is 0 Å². The zero-order chi connectivity index (χ0) is 19.2. The summed E-state index contributed by atoms with van der Waals surface area (Å²) in [6.07, 6.45) is 0. The lowest BCUT2D eigenvalue weighted by Gasteiger charge is -2.09. The number of aromatic nitrogens is 1. The molecule has 0 unspecified atom stereocenters. The number of rotatable bonds is 7. The molecule has 140 valence electrons. The SMILES string of the molecule is COc1cc(OC)cc(C(=O)NCC(=O)Nc2nc(-c3cccs3)cs2)c1. The lowest BCUT2D eigenvalue weighted by molar-refractivity contribution is -0.115. The molecule has 0 saturated carbocycles. The highest BCUT2D eigenvalue weighted by Crippen LogP contribution is 2.28. The Labute approximate surface area is 164 Å². The summed E-state index contributed by atoms with van der Waals surface area (Å²) in [7, 11) is 3.00. The van der Waals surface area contributed by atoms with E-state index in [9.17, 15) is 9.59 Å². The third-order valence-corrected chi connectivity index (χ3v) is 5.20. The highest BCUT2D eigenvalue weighted by atomic mass is 32.1. The quantitative estimate of drug-likeness (QED) is 0.632. The molecule has 1 aromatic carbocycles. The molecule has 0 bridgehead atoms. The van der Waals surface area contributed by atoms with Crippen molar-refractivity contribution in [3.63, 3.8) is 0 Å². The zero-order valence-electron chi connectivity index (χ0n) is 14.6. The summed E-state index contributed by atoms with van der Waals surface area (Å²) in [5.41, 5.74) is 1.16. The molecule has 0 aliphatic carbocycles. The smallest absolute Gasteiger partial charge is 0.251 e. The van der Waals surface area contributed by atoms with E-state index in [1.807, 2.05) is 22.9 Å². The Hall–Kier alpha value is -2.91. The molecule has 0 atom stereocenters. The number of benzene rings is 1. The number of nitrogens with zero attached hydrogens (tertiary/aromatic N) is 1. The summed E-state index contributed by atoms with van der Waals surface area (Å²) in [5, 5.41) is 9.59. The van der Waals surface area contributed by atoms with E-state index in [0.29, 0.717) is 22.2 Å². The molecule has 7 nitrogen and oxygen atoms in total. The average molecular weight is 403 g/mol. The second-order valence-electron chi connectivity index (χ2n) is 5.35. The number of thiophene rings is 1. The Morgan fingerprint density at radius 1 is 1.11 bits per heavy atom. The lowest BCUT2D eigenvalue weighted by atomic mass is 10.2. The number of carbonyl (C=O) groups is 2. The van der Waals surface area contributed by atoms with Crippen LogP contribution in [0.1, 0.15) is 10.4 Å². The largest absolute Gasteiger partial charge is 0.497 e. The van der Waals surface area contributed by atoms with Crippen LogP contribution in [0.3, 0.4) is 0 Å². The van der Waals surface area contributed by atoms with Crippen LogP contribution in [-0.4, -0.2) is 37.6 Å². The first-order valence-electron chi connectivity index (χ1n) is 7.89.